The standard InChI is InChI=1S/C22H21ClF5N5O3/c23-12-7-13(24)14(25)8-15(12)33-6-5-21(20(33)36)3-1-11(2-4-21)32-19(35)17-16(30-10-31-17)18(34)29-9-22(26,27)28/h7-8,10-11H,1-6,9H2,(H,29,34)(H,30,31)(H,32,35)/t11-,21-. The SMILES string of the molecule is O=C(NCC(F)(F)F)c1nc[nH]c1C(=O)N[C@H]1CC[C@@]2(CCN(c3cc(F)c(F)cc3Cl)C2=O)CC1. The third-order valence-electron chi connectivity index (χ3n) is 6.60. The molecule has 8 nitrogen and oxygen atoms in total. The summed E-state index contributed by atoms with van der Waals surface area (Å²) in [4.78, 5) is 45.4. The minimum atomic E-state index is -4.62. The van der Waals surface area contributed by atoms with Crippen LogP contribution in [0.3, 0.4) is 0 Å². The highest BCUT2D eigenvalue weighted by molar-refractivity contribution is 6.34. The Labute approximate surface area is 206 Å². The zero-order valence-corrected chi connectivity index (χ0v) is 19.4. The zero-order chi connectivity index (χ0) is 26.3. The zero-order valence-electron chi connectivity index (χ0n) is 18.6. The van der Waals surface area contributed by atoms with Crippen LogP contribution in [-0.4, -0.2) is 53.0 Å². The van der Waals surface area contributed by atoms with Gasteiger partial charge in [-0.3, -0.25) is 14.4 Å². The van der Waals surface area contributed by atoms with Gasteiger partial charge in [-0.1, -0.05) is 11.6 Å². The number of nitrogens with zero attached hydrogens (tertiary/aromatic N) is 2. The van der Waals surface area contributed by atoms with Crippen molar-refractivity contribution in [1.29, 1.82) is 0 Å². The number of anilines is 1. The Kier molecular flexibility index (Phi) is 6.95. The van der Waals surface area contributed by atoms with E-state index < -0.39 is 47.3 Å². The summed E-state index contributed by atoms with van der Waals surface area (Å²) in [5.41, 5.74) is -1.37. The van der Waals surface area contributed by atoms with E-state index in [1.54, 1.807) is 5.32 Å². The molecule has 0 bridgehead atoms. The Hall–Kier alpha value is -3.22. The van der Waals surface area contributed by atoms with Crippen LogP contribution in [-0.2, 0) is 4.79 Å². The van der Waals surface area contributed by atoms with Gasteiger partial charge in [0.05, 0.1) is 22.5 Å². The Bertz CT molecular complexity index is 1190. The lowest BCUT2D eigenvalue weighted by Crippen LogP contribution is -2.44. The molecule has 0 atom stereocenters. The van der Waals surface area contributed by atoms with Gasteiger partial charge in [-0.15, -0.1) is 0 Å². The molecule has 1 saturated carbocycles. The molecule has 36 heavy (non-hydrogen) atoms. The highest BCUT2D eigenvalue weighted by Gasteiger charge is 2.49. The van der Waals surface area contributed by atoms with Crippen LogP contribution < -0.4 is 15.5 Å². The summed E-state index contributed by atoms with van der Waals surface area (Å²) in [5, 5.41) is 4.32. The van der Waals surface area contributed by atoms with Crippen molar-refractivity contribution < 1.29 is 36.3 Å². The molecule has 4 rings (SSSR count). The van der Waals surface area contributed by atoms with E-state index in [4.69, 9.17) is 11.6 Å². The van der Waals surface area contributed by atoms with Crippen LogP contribution in [0.1, 0.15) is 53.1 Å². The lowest BCUT2D eigenvalue weighted by Gasteiger charge is -2.36. The number of hydrogen-bond acceptors (Lipinski definition) is 4. The van der Waals surface area contributed by atoms with Gasteiger partial charge >= 0.3 is 6.18 Å². The fourth-order valence-corrected chi connectivity index (χ4v) is 4.96. The molecule has 2 aliphatic rings. The number of alkyl halides is 3. The smallest absolute Gasteiger partial charge is 0.348 e. The normalized spacial score (nSPS) is 22.2. The van der Waals surface area contributed by atoms with Gasteiger partial charge in [-0.2, -0.15) is 13.2 Å². The highest BCUT2D eigenvalue weighted by Crippen LogP contribution is 2.47. The summed E-state index contributed by atoms with van der Waals surface area (Å²) < 4.78 is 64.3. The number of amides is 3. The highest BCUT2D eigenvalue weighted by atomic mass is 35.5. The molecule has 2 fully saturated rings. The van der Waals surface area contributed by atoms with Crippen LogP contribution in [0.5, 0.6) is 0 Å². The number of H-pyrrole nitrogens is 1. The van der Waals surface area contributed by atoms with Gasteiger partial charge in [0, 0.05) is 18.7 Å². The van der Waals surface area contributed by atoms with E-state index in [0.29, 0.717) is 32.1 Å². The number of carbonyl (C=O) groups is 3. The number of imidazole rings is 1. The summed E-state index contributed by atoms with van der Waals surface area (Å²) in [6.07, 6.45) is -1.45. The number of rotatable bonds is 5. The molecule has 1 saturated heterocycles. The molecule has 14 heteroatoms. The van der Waals surface area contributed by atoms with Crippen molar-refractivity contribution >= 4 is 35.0 Å². The first-order valence-corrected chi connectivity index (χ1v) is 11.4. The maximum atomic E-state index is 13.7. The molecular weight excluding hydrogens is 513 g/mol. The van der Waals surface area contributed by atoms with Crippen molar-refractivity contribution in [2.24, 2.45) is 5.41 Å². The largest absolute Gasteiger partial charge is 0.405 e. The van der Waals surface area contributed by atoms with Crippen molar-refractivity contribution in [3.8, 4) is 0 Å². The van der Waals surface area contributed by atoms with Crippen molar-refractivity contribution in [2.75, 3.05) is 18.0 Å². The van der Waals surface area contributed by atoms with Gasteiger partial charge in [0.1, 0.15) is 12.2 Å². The van der Waals surface area contributed by atoms with Gasteiger partial charge < -0.3 is 20.5 Å². The van der Waals surface area contributed by atoms with Crippen molar-refractivity contribution in [3.63, 3.8) is 0 Å². The van der Waals surface area contributed by atoms with Gasteiger partial charge in [0.25, 0.3) is 11.8 Å². The van der Waals surface area contributed by atoms with Crippen LogP contribution in [0, 0.1) is 17.0 Å². The molecule has 1 aromatic heterocycles. The van der Waals surface area contributed by atoms with E-state index >= 15 is 0 Å². The number of benzene rings is 1. The maximum Gasteiger partial charge on any atom is 0.405 e. The third-order valence-corrected chi connectivity index (χ3v) is 6.90. The van der Waals surface area contributed by atoms with Crippen molar-refractivity contribution in [1.82, 2.24) is 20.6 Å². The molecule has 0 unspecified atom stereocenters. The molecule has 3 N–H and O–H groups in total. The molecule has 1 spiro atoms. The second-order valence-corrected chi connectivity index (χ2v) is 9.28. The Morgan fingerprint density at radius 1 is 1.14 bits per heavy atom. The summed E-state index contributed by atoms with van der Waals surface area (Å²) in [6, 6.07) is 1.36. The maximum absolute atomic E-state index is 13.7. The Morgan fingerprint density at radius 3 is 2.47 bits per heavy atom. The Morgan fingerprint density at radius 2 is 1.81 bits per heavy atom. The van der Waals surface area contributed by atoms with Crippen molar-refractivity contribution in [3.05, 3.63) is 46.5 Å². The Balaban J connectivity index is 1.37. The summed E-state index contributed by atoms with van der Waals surface area (Å²) >= 11 is 6.04. The quantitative estimate of drug-likeness (QED) is 0.402. The molecule has 2 heterocycles. The van der Waals surface area contributed by atoms with E-state index in [1.807, 2.05) is 0 Å². The average molecular weight is 534 g/mol. The fraction of sp³-hybridized carbons (Fsp3) is 0.455. The lowest BCUT2D eigenvalue weighted by atomic mass is 9.71. The second-order valence-electron chi connectivity index (χ2n) is 8.88. The first-order valence-electron chi connectivity index (χ1n) is 11.1. The van der Waals surface area contributed by atoms with Gasteiger partial charge in [-0.05, 0) is 38.2 Å². The number of aromatic amines is 1. The average Bonchev–Trinajstić information content (AvgIpc) is 3.42. The summed E-state index contributed by atoms with van der Waals surface area (Å²) in [5.74, 6) is -4.33. The number of aromatic nitrogens is 2. The molecule has 1 aromatic carbocycles. The molecule has 194 valence electrons. The minimum Gasteiger partial charge on any atom is -0.348 e. The molecule has 0 radical (unpaired) electrons. The summed E-state index contributed by atoms with van der Waals surface area (Å²) in [6.45, 7) is -1.28. The lowest BCUT2D eigenvalue weighted by molar-refractivity contribution is -0.127. The van der Waals surface area contributed by atoms with Crippen LogP contribution in [0.15, 0.2) is 18.5 Å². The molecule has 2 aromatic rings. The fourth-order valence-electron chi connectivity index (χ4n) is 4.71. The van der Waals surface area contributed by atoms with Crippen molar-refractivity contribution in [2.45, 2.75) is 44.3 Å². The summed E-state index contributed by atoms with van der Waals surface area (Å²) in [7, 11) is 0. The van der Waals surface area contributed by atoms with Crippen LogP contribution >= 0.6 is 11.6 Å². The minimum absolute atomic E-state index is 0.0742. The second kappa shape index (κ2) is 9.68. The topological polar surface area (TPSA) is 107 Å². The van der Waals surface area contributed by atoms with Crippen LogP contribution in [0.2, 0.25) is 5.02 Å². The van der Waals surface area contributed by atoms with E-state index in [9.17, 15) is 36.3 Å². The number of nitrogens with one attached hydrogen (secondary N) is 3. The van der Waals surface area contributed by atoms with Crippen LogP contribution in [0.4, 0.5) is 27.6 Å². The van der Waals surface area contributed by atoms with E-state index in [2.05, 4.69) is 15.3 Å². The van der Waals surface area contributed by atoms with E-state index in [-0.39, 0.29) is 34.9 Å². The van der Waals surface area contributed by atoms with E-state index in [1.165, 1.54) is 4.90 Å². The first kappa shape index (κ1) is 25.9. The van der Waals surface area contributed by atoms with E-state index in [0.717, 1.165) is 18.5 Å². The molecule has 1 aliphatic carbocycles. The predicted octanol–water partition coefficient (Wildman–Crippen LogP) is 3.73. The number of carbonyl (C=O) groups excluding carboxylic acids is 3. The first-order chi connectivity index (χ1) is 16.9. The number of hydrogen-bond donors (Lipinski definition) is 3. The van der Waals surface area contributed by atoms with Gasteiger partial charge in [0.2, 0.25) is 5.91 Å². The van der Waals surface area contributed by atoms with Gasteiger partial charge in [-0.25, -0.2) is 13.8 Å². The van der Waals surface area contributed by atoms with Gasteiger partial charge in [0.15, 0.2) is 17.3 Å². The molecule has 3 amide bonds. The predicted molar refractivity (Wildman–Crippen MR) is 117 cm³/mol. The molecule has 1 aliphatic heterocycles. The molecular formula is C22H21ClF5N5O3. The number of halogens is 6. The monoisotopic (exact) mass is 533 g/mol. The third kappa shape index (κ3) is 5.15. The van der Waals surface area contributed by atoms with Crippen LogP contribution in [0.25, 0.3) is 0 Å².